The van der Waals surface area contributed by atoms with Gasteiger partial charge >= 0.3 is 18.0 Å². The first-order valence-corrected chi connectivity index (χ1v) is 12.3. The lowest BCUT2D eigenvalue weighted by atomic mass is 10.0. The molecule has 0 aromatic heterocycles. The van der Waals surface area contributed by atoms with Crippen molar-refractivity contribution < 1.29 is 38.1 Å². The highest BCUT2D eigenvalue weighted by Crippen LogP contribution is 2.41. The van der Waals surface area contributed by atoms with Crippen molar-refractivity contribution in [3.63, 3.8) is 0 Å². The lowest BCUT2D eigenvalue weighted by Gasteiger charge is -2.49. The van der Waals surface area contributed by atoms with Gasteiger partial charge in [-0.05, 0) is 17.7 Å². The van der Waals surface area contributed by atoms with Gasteiger partial charge in [0.25, 0.3) is 5.91 Å². The molecule has 1 N–H and O–H groups in total. The second-order valence-corrected chi connectivity index (χ2v) is 11.0. The monoisotopic (exact) mass is 566 g/mol. The van der Waals surface area contributed by atoms with E-state index in [0.29, 0.717) is 16.9 Å². The molecule has 2 amide bonds. The van der Waals surface area contributed by atoms with Gasteiger partial charge in [-0.15, -0.1) is 11.8 Å². The molecule has 0 radical (unpaired) electrons. The Morgan fingerprint density at radius 1 is 1.11 bits per heavy atom. The Balaban J connectivity index is 1.71. The van der Waals surface area contributed by atoms with Gasteiger partial charge in [-0.25, -0.2) is 9.59 Å². The lowest BCUT2D eigenvalue weighted by molar-refractivity contribution is -0.152. The number of nitrogens with one attached hydrogen (secondary N) is 1. The quantitative estimate of drug-likeness (QED) is 0.219. The number of amides is 2. The van der Waals surface area contributed by atoms with Crippen molar-refractivity contribution in [2.75, 3.05) is 26.1 Å². The molecular weight excluding hydrogens is 547 g/mol. The van der Waals surface area contributed by atoms with E-state index < -0.39 is 45.8 Å². The van der Waals surface area contributed by atoms with E-state index in [4.69, 9.17) is 53.8 Å². The third-order valence-corrected chi connectivity index (χ3v) is 6.53. The topological polar surface area (TPSA) is 120 Å². The van der Waals surface area contributed by atoms with Crippen molar-refractivity contribution in [1.29, 1.82) is 0 Å². The molecule has 0 unspecified atom stereocenters. The van der Waals surface area contributed by atoms with E-state index in [1.807, 2.05) is 0 Å². The number of β-lactam (4-membered cyclic amide) rings is 1. The van der Waals surface area contributed by atoms with Crippen molar-refractivity contribution in [3.8, 4) is 5.75 Å². The fourth-order valence-corrected chi connectivity index (χ4v) is 4.72. The van der Waals surface area contributed by atoms with E-state index in [9.17, 15) is 19.2 Å². The summed E-state index contributed by atoms with van der Waals surface area (Å²) in [7, 11) is 1.54. The molecule has 2 atom stereocenters. The number of thioether (sulfide) groups is 1. The highest BCUT2D eigenvalue weighted by Gasteiger charge is 2.54. The van der Waals surface area contributed by atoms with E-state index in [0.717, 1.165) is 0 Å². The zero-order valence-electron chi connectivity index (χ0n) is 18.5. The molecular formula is C21H21Cl3N2O8S. The van der Waals surface area contributed by atoms with E-state index in [-0.39, 0.29) is 24.7 Å². The van der Waals surface area contributed by atoms with Gasteiger partial charge in [0.1, 0.15) is 42.7 Å². The summed E-state index contributed by atoms with van der Waals surface area (Å²) >= 11 is 18.0. The van der Waals surface area contributed by atoms with Crippen LogP contribution in [-0.2, 0) is 35.2 Å². The number of alkyl halides is 3. The molecule has 2 heterocycles. The predicted octanol–water partition coefficient (Wildman–Crippen LogP) is 2.94. The van der Waals surface area contributed by atoms with Crippen molar-refractivity contribution in [2.24, 2.45) is 0 Å². The number of hydrogen-bond donors (Lipinski definition) is 1. The molecule has 10 nitrogen and oxygen atoms in total. The van der Waals surface area contributed by atoms with Gasteiger partial charge in [0.15, 0.2) is 0 Å². The Labute approximate surface area is 220 Å². The van der Waals surface area contributed by atoms with E-state index in [1.165, 1.54) is 30.7 Å². The smallest absolute Gasteiger partial charge is 0.408 e. The minimum atomic E-state index is -1.80. The normalized spacial score (nSPS) is 19.3. The van der Waals surface area contributed by atoms with Crippen molar-refractivity contribution >= 4 is 70.5 Å². The molecule has 2 aliphatic heterocycles. The molecule has 3 rings (SSSR count). The van der Waals surface area contributed by atoms with Crippen LogP contribution in [0.15, 0.2) is 35.5 Å². The maximum absolute atomic E-state index is 13.0. The summed E-state index contributed by atoms with van der Waals surface area (Å²) in [5, 5.41) is 1.81. The van der Waals surface area contributed by atoms with Crippen LogP contribution >= 0.6 is 46.6 Å². The SMILES string of the molecule is COc1ccc(COC(=O)C2=C(COC(C)=O)CS[C@H]3[C@@H](NC(=O)OCC(Cl)(Cl)Cl)C(=O)N23)cc1. The number of esters is 2. The lowest BCUT2D eigenvalue weighted by Crippen LogP contribution is -2.70. The number of fused-ring (bicyclic) bond motifs is 1. The Morgan fingerprint density at radius 3 is 2.40 bits per heavy atom. The number of rotatable bonds is 8. The summed E-state index contributed by atoms with van der Waals surface area (Å²) in [5.41, 5.74) is 1.09. The highest BCUT2D eigenvalue weighted by atomic mass is 35.6. The number of halogens is 3. The van der Waals surface area contributed by atoms with Crippen LogP contribution in [0.5, 0.6) is 5.75 Å². The summed E-state index contributed by atoms with van der Waals surface area (Å²) in [6.45, 7) is 0.479. The molecule has 1 aromatic rings. The molecule has 0 bridgehead atoms. The van der Waals surface area contributed by atoms with Crippen LogP contribution in [0.25, 0.3) is 0 Å². The number of carbonyl (C=O) groups excluding carboxylic acids is 4. The summed E-state index contributed by atoms with van der Waals surface area (Å²) in [6, 6.07) is 5.94. The molecule has 0 aliphatic carbocycles. The minimum Gasteiger partial charge on any atom is -0.497 e. The second kappa shape index (κ2) is 11.6. The first-order valence-electron chi connectivity index (χ1n) is 10.1. The number of methoxy groups -OCH3 is 1. The molecule has 0 spiro atoms. The molecule has 35 heavy (non-hydrogen) atoms. The summed E-state index contributed by atoms with van der Waals surface area (Å²) in [4.78, 5) is 50.4. The zero-order chi connectivity index (χ0) is 25.8. The fourth-order valence-electron chi connectivity index (χ4n) is 3.23. The number of benzene rings is 1. The maximum Gasteiger partial charge on any atom is 0.408 e. The number of nitrogens with zero attached hydrogens (tertiary/aromatic N) is 1. The molecule has 190 valence electrons. The third kappa shape index (κ3) is 7.09. The highest BCUT2D eigenvalue weighted by molar-refractivity contribution is 8.00. The van der Waals surface area contributed by atoms with E-state index in [2.05, 4.69) is 5.32 Å². The minimum absolute atomic E-state index is 0.0266. The second-order valence-electron chi connectivity index (χ2n) is 7.38. The van der Waals surface area contributed by atoms with Crippen LogP contribution in [0.3, 0.4) is 0 Å². The molecule has 14 heteroatoms. The van der Waals surface area contributed by atoms with Crippen LogP contribution < -0.4 is 10.1 Å². The molecule has 2 aliphatic rings. The number of carbonyl (C=O) groups is 4. The van der Waals surface area contributed by atoms with Crippen molar-refractivity contribution in [2.45, 2.75) is 28.7 Å². The van der Waals surface area contributed by atoms with Crippen LogP contribution in [0, 0.1) is 0 Å². The molecule has 1 saturated heterocycles. The molecule has 1 aromatic carbocycles. The number of alkyl carbamates (subject to hydrolysis) is 1. The standard InChI is InChI=1S/C21H21Cl3N2O8S/c1-11(27)32-8-13-9-35-18-15(25-20(30)34-10-21(22,23)24)17(28)26(18)16(13)19(29)33-7-12-3-5-14(31-2)6-4-12/h3-6,15,18H,7-10H2,1-2H3,(H,25,30)/t15-,18-/m0/s1. The Morgan fingerprint density at radius 2 is 1.80 bits per heavy atom. The average molecular weight is 568 g/mol. The third-order valence-electron chi connectivity index (χ3n) is 4.86. The Hall–Kier alpha value is -2.34. The van der Waals surface area contributed by atoms with E-state index in [1.54, 1.807) is 24.3 Å². The maximum atomic E-state index is 13.0. The van der Waals surface area contributed by atoms with Crippen LogP contribution in [0.4, 0.5) is 4.79 Å². The van der Waals surface area contributed by atoms with Gasteiger partial charge < -0.3 is 24.3 Å². The van der Waals surface area contributed by atoms with Crippen LogP contribution in [-0.4, -0.2) is 70.1 Å². The first kappa shape index (κ1) is 27.3. The Kier molecular flexibility index (Phi) is 9.03. The van der Waals surface area contributed by atoms with Gasteiger partial charge in [-0.1, -0.05) is 46.9 Å². The largest absolute Gasteiger partial charge is 0.497 e. The predicted molar refractivity (Wildman–Crippen MR) is 128 cm³/mol. The van der Waals surface area contributed by atoms with Gasteiger partial charge in [0, 0.05) is 18.2 Å². The van der Waals surface area contributed by atoms with Crippen LogP contribution in [0.2, 0.25) is 0 Å². The average Bonchev–Trinajstić information content (AvgIpc) is 2.82. The Bertz CT molecular complexity index is 1030. The summed E-state index contributed by atoms with van der Waals surface area (Å²) in [6.07, 6.45) is -0.951. The number of hydrogen-bond acceptors (Lipinski definition) is 9. The first-order chi connectivity index (χ1) is 16.5. The summed E-state index contributed by atoms with van der Waals surface area (Å²) < 4.78 is 18.6. The van der Waals surface area contributed by atoms with Gasteiger partial charge in [0.2, 0.25) is 3.79 Å². The number of ether oxygens (including phenoxy) is 4. The van der Waals surface area contributed by atoms with Gasteiger partial charge in [-0.2, -0.15) is 0 Å². The molecule has 0 saturated carbocycles. The van der Waals surface area contributed by atoms with Crippen molar-refractivity contribution in [1.82, 2.24) is 10.2 Å². The van der Waals surface area contributed by atoms with Gasteiger partial charge in [-0.3, -0.25) is 14.5 Å². The van der Waals surface area contributed by atoms with Crippen LogP contribution in [0.1, 0.15) is 12.5 Å². The fraction of sp³-hybridized carbons (Fsp3) is 0.429. The zero-order valence-corrected chi connectivity index (χ0v) is 21.6. The van der Waals surface area contributed by atoms with Gasteiger partial charge in [0.05, 0.1) is 7.11 Å². The van der Waals surface area contributed by atoms with Crippen molar-refractivity contribution in [3.05, 3.63) is 41.1 Å². The summed E-state index contributed by atoms with van der Waals surface area (Å²) in [5.74, 6) is -0.961. The van der Waals surface area contributed by atoms with E-state index >= 15 is 0 Å². The molecule has 1 fully saturated rings.